The van der Waals surface area contributed by atoms with Crippen molar-refractivity contribution in [2.45, 2.75) is 38.4 Å². The molecule has 1 fully saturated rings. The third-order valence-electron chi connectivity index (χ3n) is 5.39. The van der Waals surface area contributed by atoms with E-state index in [1.807, 2.05) is 12.1 Å². The van der Waals surface area contributed by atoms with E-state index in [4.69, 9.17) is 16.9 Å². The number of aromatic nitrogens is 1. The summed E-state index contributed by atoms with van der Waals surface area (Å²) >= 11 is 0. The number of amidine groups is 1. The van der Waals surface area contributed by atoms with Gasteiger partial charge in [0.15, 0.2) is 0 Å². The van der Waals surface area contributed by atoms with Crippen LogP contribution in [0.4, 0.5) is 5.82 Å². The zero-order valence-electron chi connectivity index (χ0n) is 17.5. The number of carbonyl (C=O) groups is 2. The Bertz CT molecular complexity index is 945. The summed E-state index contributed by atoms with van der Waals surface area (Å²) in [5.41, 5.74) is 13.8. The Morgan fingerprint density at radius 2 is 2.00 bits per heavy atom. The molecule has 3 atom stereocenters. The van der Waals surface area contributed by atoms with Gasteiger partial charge in [-0.05, 0) is 55.5 Å². The standard InChI is InChI=1S/C22H29N7O2/c1-13(21(30)28-11-14-2-4-17(5-3-14)20(24)25)29-22(31)18-9-16(12-27-18)8-15-6-7-26-19(23)10-15/h2-7,10,13,16,18,27H,8-9,11-12H2,1H3,(H2,23,26)(H3,24,25)(H,28,30)(H,29,31)/t13?,16-,18+/m0/s1. The summed E-state index contributed by atoms with van der Waals surface area (Å²) in [6, 6.07) is 9.90. The van der Waals surface area contributed by atoms with Gasteiger partial charge in [0.05, 0.1) is 6.04 Å². The van der Waals surface area contributed by atoms with Gasteiger partial charge in [-0.1, -0.05) is 24.3 Å². The van der Waals surface area contributed by atoms with Crippen molar-refractivity contribution in [1.82, 2.24) is 20.9 Å². The van der Waals surface area contributed by atoms with Crippen LogP contribution in [0.25, 0.3) is 0 Å². The smallest absolute Gasteiger partial charge is 0.242 e. The summed E-state index contributed by atoms with van der Waals surface area (Å²) < 4.78 is 0. The van der Waals surface area contributed by atoms with E-state index in [-0.39, 0.29) is 23.7 Å². The third kappa shape index (κ3) is 6.26. The van der Waals surface area contributed by atoms with E-state index in [0.717, 1.165) is 24.1 Å². The van der Waals surface area contributed by atoms with Crippen molar-refractivity contribution in [2.75, 3.05) is 12.3 Å². The van der Waals surface area contributed by atoms with Crippen molar-refractivity contribution < 1.29 is 9.59 Å². The third-order valence-corrected chi connectivity index (χ3v) is 5.39. The van der Waals surface area contributed by atoms with Gasteiger partial charge in [0.1, 0.15) is 17.7 Å². The molecule has 0 radical (unpaired) electrons. The number of pyridine rings is 1. The average Bonchev–Trinajstić information content (AvgIpc) is 3.20. The number of anilines is 1. The molecule has 0 spiro atoms. The molecule has 164 valence electrons. The van der Waals surface area contributed by atoms with Crippen molar-refractivity contribution in [1.29, 1.82) is 5.41 Å². The van der Waals surface area contributed by atoms with Crippen LogP contribution in [0.3, 0.4) is 0 Å². The van der Waals surface area contributed by atoms with E-state index in [9.17, 15) is 9.59 Å². The fourth-order valence-electron chi connectivity index (χ4n) is 3.64. The first-order valence-electron chi connectivity index (χ1n) is 10.3. The molecule has 2 amide bonds. The highest BCUT2D eigenvalue weighted by molar-refractivity contribution is 5.95. The topological polar surface area (TPSA) is 159 Å². The second kappa shape index (κ2) is 10.0. The quantitative estimate of drug-likeness (QED) is 0.264. The molecule has 1 saturated heterocycles. The number of benzene rings is 1. The second-order valence-electron chi connectivity index (χ2n) is 7.91. The SMILES string of the molecule is CC(NC(=O)[C@H]1C[C@H](Cc2ccnc(N)c2)CN1)C(=O)NCc1ccc(C(=N)N)cc1. The zero-order chi connectivity index (χ0) is 22.4. The van der Waals surface area contributed by atoms with E-state index in [1.54, 1.807) is 37.4 Å². The lowest BCUT2D eigenvalue weighted by atomic mass is 9.97. The monoisotopic (exact) mass is 423 g/mol. The lowest BCUT2D eigenvalue weighted by Gasteiger charge is -2.17. The number of rotatable bonds is 8. The Hall–Kier alpha value is -3.46. The van der Waals surface area contributed by atoms with Crippen molar-refractivity contribution in [3.63, 3.8) is 0 Å². The molecule has 0 bridgehead atoms. The van der Waals surface area contributed by atoms with Crippen molar-refractivity contribution >= 4 is 23.5 Å². The summed E-state index contributed by atoms with van der Waals surface area (Å²) in [4.78, 5) is 28.9. The van der Waals surface area contributed by atoms with Crippen LogP contribution in [0.5, 0.6) is 0 Å². The predicted octanol–water partition coefficient (Wildman–Crippen LogP) is 0.290. The summed E-state index contributed by atoms with van der Waals surface area (Å²) in [6.07, 6.45) is 3.21. The first-order chi connectivity index (χ1) is 14.8. The normalized spacial score (nSPS) is 18.9. The first kappa shape index (κ1) is 22.2. The van der Waals surface area contributed by atoms with Gasteiger partial charge in [-0.3, -0.25) is 15.0 Å². The van der Waals surface area contributed by atoms with Crippen LogP contribution >= 0.6 is 0 Å². The van der Waals surface area contributed by atoms with E-state index >= 15 is 0 Å². The van der Waals surface area contributed by atoms with Gasteiger partial charge in [0.25, 0.3) is 0 Å². The van der Waals surface area contributed by atoms with Crippen molar-refractivity contribution in [3.05, 3.63) is 59.3 Å². The van der Waals surface area contributed by atoms with E-state index in [0.29, 0.717) is 30.3 Å². The van der Waals surface area contributed by atoms with Crippen LogP contribution in [-0.4, -0.2) is 41.3 Å². The summed E-state index contributed by atoms with van der Waals surface area (Å²) in [5.74, 6) is 0.377. The first-order valence-corrected chi connectivity index (χ1v) is 10.3. The molecule has 3 rings (SSSR count). The maximum atomic E-state index is 12.6. The minimum Gasteiger partial charge on any atom is -0.384 e. The Balaban J connectivity index is 1.43. The fourth-order valence-corrected chi connectivity index (χ4v) is 3.64. The highest BCUT2D eigenvalue weighted by atomic mass is 16.2. The van der Waals surface area contributed by atoms with Gasteiger partial charge >= 0.3 is 0 Å². The van der Waals surface area contributed by atoms with Gasteiger partial charge in [-0.15, -0.1) is 0 Å². The summed E-state index contributed by atoms with van der Waals surface area (Å²) in [6.45, 7) is 2.73. The number of hydrogen-bond donors (Lipinski definition) is 6. The van der Waals surface area contributed by atoms with E-state index < -0.39 is 6.04 Å². The van der Waals surface area contributed by atoms with Crippen LogP contribution in [0, 0.1) is 11.3 Å². The second-order valence-corrected chi connectivity index (χ2v) is 7.91. The van der Waals surface area contributed by atoms with Crippen LogP contribution < -0.4 is 27.4 Å². The molecule has 1 aromatic heterocycles. The molecule has 1 aromatic carbocycles. The lowest BCUT2D eigenvalue weighted by molar-refractivity contribution is -0.129. The van der Waals surface area contributed by atoms with Crippen molar-refractivity contribution in [2.24, 2.45) is 11.7 Å². The maximum absolute atomic E-state index is 12.6. The number of nitrogens with one attached hydrogen (secondary N) is 4. The van der Waals surface area contributed by atoms with Crippen molar-refractivity contribution in [3.8, 4) is 0 Å². The molecule has 0 saturated carbocycles. The molecule has 1 aliphatic heterocycles. The molecule has 2 heterocycles. The minimum atomic E-state index is -0.648. The highest BCUT2D eigenvalue weighted by Crippen LogP contribution is 2.20. The summed E-state index contributed by atoms with van der Waals surface area (Å²) in [5, 5.41) is 16.2. The molecular weight excluding hydrogens is 394 g/mol. The van der Waals surface area contributed by atoms with Gasteiger partial charge < -0.3 is 27.4 Å². The Labute approximate surface area is 181 Å². The molecule has 2 aromatic rings. The number of amides is 2. The van der Waals surface area contributed by atoms with Gasteiger partial charge in [-0.25, -0.2) is 4.98 Å². The number of nitrogen functional groups attached to an aromatic ring is 2. The Morgan fingerprint density at radius 3 is 2.68 bits per heavy atom. The number of carbonyl (C=O) groups excluding carboxylic acids is 2. The predicted molar refractivity (Wildman–Crippen MR) is 119 cm³/mol. The summed E-state index contributed by atoms with van der Waals surface area (Å²) in [7, 11) is 0. The molecule has 31 heavy (non-hydrogen) atoms. The average molecular weight is 424 g/mol. The van der Waals surface area contributed by atoms with Gasteiger partial charge in [-0.2, -0.15) is 0 Å². The minimum absolute atomic E-state index is 0.000381. The Morgan fingerprint density at radius 1 is 1.26 bits per heavy atom. The molecule has 9 heteroatoms. The van der Waals surface area contributed by atoms with E-state index in [2.05, 4.69) is 20.9 Å². The molecule has 8 N–H and O–H groups in total. The van der Waals surface area contributed by atoms with Crippen LogP contribution in [0.1, 0.15) is 30.0 Å². The largest absolute Gasteiger partial charge is 0.384 e. The molecule has 1 aliphatic rings. The number of hydrogen-bond acceptors (Lipinski definition) is 6. The zero-order valence-corrected chi connectivity index (χ0v) is 17.5. The van der Waals surface area contributed by atoms with Crippen LogP contribution in [-0.2, 0) is 22.6 Å². The highest BCUT2D eigenvalue weighted by Gasteiger charge is 2.30. The Kier molecular flexibility index (Phi) is 7.19. The van der Waals surface area contributed by atoms with Crippen LogP contribution in [0.15, 0.2) is 42.6 Å². The number of nitrogens with two attached hydrogens (primary N) is 2. The van der Waals surface area contributed by atoms with Gasteiger partial charge in [0, 0.05) is 18.3 Å². The molecule has 0 aliphatic carbocycles. The molecule has 9 nitrogen and oxygen atoms in total. The lowest BCUT2D eigenvalue weighted by Crippen LogP contribution is -2.49. The number of nitrogens with zero attached hydrogens (tertiary/aromatic N) is 1. The maximum Gasteiger partial charge on any atom is 0.242 e. The van der Waals surface area contributed by atoms with Gasteiger partial charge in [0.2, 0.25) is 11.8 Å². The molecule has 1 unspecified atom stereocenters. The fraction of sp³-hybridized carbons (Fsp3) is 0.364. The molecular formula is C22H29N7O2. The van der Waals surface area contributed by atoms with E-state index in [1.165, 1.54) is 0 Å². The van der Waals surface area contributed by atoms with Crippen LogP contribution in [0.2, 0.25) is 0 Å².